The van der Waals surface area contributed by atoms with Crippen molar-refractivity contribution in [2.75, 3.05) is 53.1 Å². The summed E-state index contributed by atoms with van der Waals surface area (Å²) in [5, 5.41) is 0. The minimum absolute atomic E-state index is 0.772. The maximum absolute atomic E-state index is 4.83. The molecule has 0 unspecified atom stereocenters. The van der Waals surface area contributed by atoms with Crippen LogP contribution in [0.15, 0.2) is 9.49 Å². The van der Waals surface area contributed by atoms with Gasteiger partial charge in [-0.1, -0.05) is 25.7 Å². The van der Waals surface area contributed by atoms with Crippen LogP contribution in [0.3, 0.4) is 0 Å². The lowest BCUT2D eigenvalue weighted by atomic mass is 10.1. The van der Waals surface area contributed by atoms with E-state index in [0.717, 1.165) is 6.54 Å². The van der Waals surface area contributed by atoms with Crippen molar-refractivity contribution in [1.82, 2.24) is 0 Å². The van der Waals surface area contributed by atoms with E-state index in [2.05, 4.69) is 38.1 Å². The van der Waals surface area contributed by atoms with Crippen LogP contribution in [-0.2, 0) is 0 Å². The van der Waals surface area contributed by atoms with Crippen molar-refractivity contribution >= 4 is 14.1 Å². The lowest BCUT2D eigenvalue weighted by Gasteiger charge is -2.15. The molecule has 0 saturated carbocycles. The van der Waals surface area contributed by atoms with E-state index < -0.39 is 14.1 Å². The van der Waals surface area contributed by atoms with E-state index in [0.29, 0.717) is 0 Å². The molecule has 4 heteroatoms. The molecule has 0 aromatic heterocycles. The Morgan fingerprint density at radius 3 is 1.83 bits per heavy atom. The molecule has 0 bridgehead atoms. The van der Waals surface area contributed by atoms with Crippen molar-refractivity contribution in [2.45, 2.75) is 38.5 Å². The predicted octanol–water partition coefficient (Wildman–Crippen LogP) is 5.51. The molecule has 0 N–H and O–H groups in total. The zero-order valence-electron chi connectivity index (χ0n) is 13.4. The summed E-state index contributed by atoms with van der Waals surface area (Å²) in [5.41, 5.74) is 0. The highest BCUT2D eigenvalue weighted by molar-refractivity contribution is 7.64. The molecule has 1 heterocycles. The molecule has 1 rings (SSSR count). The maximum Gasteiger partial charge on any atom is 0.0374 e. The summed E-state index contributed by atoms with van der Waals surface area (Å²) in [6, 6.07) is 0. The van der Waals surface area contributed by atoms with Crippen LogP contribution >= 0.6 is 14.1 Å². The highest BCUT2D eigenvalue weighted by Crippen LogP contribution is 2.42. The number of hydrogen-bond donors (Lipinski definition) is 0. The van der Waals surface area contributed by atoms with Crippen LogP contribution in [0.4, 0.5) is 0 Å². The van der Waals surface area contributed by atoms with Crippen molar-refractivity contribution in [3.8, 4) is 0 Å². The van der Waals surface area contributed by atoms with E-state index in [4.69, 9.17) is 4.74 Å². The van der Waals surface area contributed by atoms with Gasteiger partial charge in [-0.05, 0) is 66.4 Å². The van der Waals surface area contributed by atoms with Gasteiger partial charge in [0, 0.05) is 13.6 Å². The maximum atomic E-state index is 4.83. The summed E-state index contributed by atoms with van der Waals surface area (Å²) < 4.78 is 8.96. The zero-order valence-corrected chi connectivity index (χ0v) is 15.2. The first kappa shape index (κ1) is 18.5. The Morgan fingerprint density at radius 2 is 1.33 bits per heavy atom. The molecule has 18 heavy (non-hydrogen) atoms. The van der Waals surface area contributed by atoms with Gasteiger partial charge >= 0.3 is 0 Å². The third-order valence-corrected chi connectivity index (χ3v) is 6.77. The molecular formula is C14H34N2P2. The summed E-state index contributed by atoms with van der Waals surface area (Å²) >= 11 is 0. The van der Waals surface area contributed by atoms with E-state index in [1.54, 1.807) is 0 Å². The molecule has 2 nitrogen and oxygen atoms in total. The fourth-order valence-electron chi connectivity index (χ4n) is 1.73. The van der Waals surface area contributed by atoms with Crippen LogP contribution < -0.4 is 0 Å². The zero-order chi connectivity index (χ0) is 14.1. The molecule has 0 aromatic carbocycles. The molecule has 0 aromatic rings. The number of hydrogen-bond acceptors (Lipinski definition) is 2. The lowest BCUT2D eigenvalue weighted by molar-refractivity contribution is 0.609. The first-order chi connectivity index (χ1) is 8.27. The molecule has 1 aliphatic heterocycles. The summed E-state index contributed by atoms with van der Waals surface area (Å²) in [6.07, 6.45) is 9.90. The SMILES string of the molecule is CN=P(C)(C)C.CP1(C)=NCCCCCCCC1. The third kappa shape index (κ3) is 12.9. The van der Waals surface area contributed by atoms with Gasteiger partial charge < -0.3 is 9.49 Å². The molecule has 0 radical (unpaired) electrons. The quantitative estimate of drug-likeness (QED) is 0.526. The molecule has 0 aliphatic carbocycles. The molecular weight excluding hydrogens is 258 g/mol. The summed E-state index contributed by atoms with van der Waals surface area (Å²) in [6.45, 7) is 12.5. The van der Waals surface area contributed by atoms with Crippen molar-refractivity contribution in [1.29, 1.82) is 0 Å². The van der Waals surface area contributed by atoms with Gasteiger partial charge in [0.15, 0.2) is 0 Å². The molecule has 110 valence electrons. The van der Waals surface area contributed by atoms with Gasteiger partial charge in [-0.2, -0.15) is 0 Å². The second-order valence-electron chi connectivity index (χ2n) is 6.47. The Kier molecular flexibility index (Phi) is 9.62. The third-order valence-electron chi connectivity index (χ3n) is 3.20. The summed E-state index contributed by atoms with van der Waals surface area (Å²) in [4.78, 5) is 0. The highest BCUT2D eigenvalue weighted by Gasteiger charge is 2.05. The van der Waals surface area contributed by atoms with Crippen LogP contribution in [-0.4, -0.2) is 53.1 Å². The second kappa shape index (κ2) is 9.38. The van der Waals surface area contributed by atoms with Crippen LogP contribution in [0.25, 0.3) is 0 Å². The van der Waals surface area contributed by atoms with Gasteiger partial charge in [-0.15, -0.1) is 0 Å². The summed E-state index contributed by atoms with van der Waals surface area (Å²) in [7, 11) is 0.281. The van der Waals surface area contributed by atoms with E-state index in [1.807, 2.05) is 7.05 Å². The van der Waals surface area contributed by atoms with Gasteiger partial charge in [-0.3, -0.25) is 0 Å². The monoisotopic (exact) mass is 292 g/mol. The summed E-state index contributed by atoms with van der Waals surface area (Å²) in [5.74, 6) is 0. The highest BCUT2D eigenvalue weighted by atomic mass is 31.2. The van der Waals surface area contributed by atoms with Crippen molar-refractivity contribution in [3.63, 3.8) is 0 Å². The van der Waals surface area contributed by atoms with Crippen molar-refractivity contribution in [2.24, 2.45) is 9.49 Å². The topological polar surface area (TPSA) is 24.7 Å². The van der Waals surface area contributed by atoms with Crippen molar-refractivity contribution < 1.29 is 0 Å². The number of rotatable bonds is 0. The fraction of sp³-hybridized carbons (Fsp3) is 1.00. The first-order valence-electron chi connectivity index (χ1n) is 7.22. The Bertz CT molecular complexity index is 301. The first-order valence-corrected chi connectivity index (χ1v) is 13.1. The van der Waals surface area contributed by atoms with Crippen LogP contribution in [0, 0.1) is 0 Å². The molecule has 0 saturated heterocycles. The Balaban J connectivity index is 0.000000411. The van der Waals surface area contributed by atoms with E-state index in [1.165, 1.54) is 44.7 Å². The molecule has 1 aliphatic rings. The average Bonchev–Trinajstić information content (AvgIpc) is 2.27. The smallest absolute Gasteiger partial charge is 0.0374 e. The fourth-order valence-corrected chi connectivity index (χ4v) is 3.55. The molecule has 0 fully saturated rings. The standard InChI is InChI=1S/C10H22NP.C4H12NP/c1-12(2)10-8-6-4-3-5-7-9-11-12;1-5-6(2,3)4/h3-10H2,1-2H3;1-4H3. The van der Waals surface area contributed by atoms with Crippen LogP contribution in [0.5, 0.6) is 0 Å². The minimum atomic E-state index is -0.830. The Hall–Kier alpha value is 0.460. The second-order valence-corrected chi connectivity index (χ2v) is 14.7. The predicted molar refractivity (Wildman–Crippen MR) is 91.7 cm³/mol. The molecule has 0 spiro atoms. The number of nitrogens with zero attached hydrogens (tertiary/aromatic N) is 2. The van der Waals surface area contributed by atoms with E-state index in [-0.39, 0.29) is 0 Å². The van der Waals surface area contributed by atoms with Gasteiger partial charge in [0.05, 0.1) is 0 Å². The van der Waals surface area contributed by atoms with Gasteiger partial charge in [-0.25, -0.2) is 0 Å². The average molecular weight is 292 g/mol. The lowest BCUT2D eigenvalue weighted by Crippen LogP contribution is -1.93. The van der Waals surface area contributed by atoms with E-state index >= 15 is 0 Å². The van der Waals surface area contributed by atoms with Crippen LogP contribution in [0.1, 0.15) is 38.5 Å². The van der Waals surface area contributed by atoms with Gasteiger partial charge in [0.2, 0.25) is 0 Å². The minimum Gasteiger partial charge on any atom is -0.307 e. The largest absolute Gasteiger partial charge is 0.307 e. The van der Waals surface area contributed by atoms with Gasteiger partial charge in [0.25, 0.3) is 0 Å². The van der Waals surface area contributed by atoms with E-state index in [9.17, 15) is 0 Å². The van der Waals surface area contributed by atoms with Gasteiger partial charge in [0.1, 0.15) is 0 Å². The Labute approximate surface area is 115 Å². The Morgan fingerprint density at radius 1 is 0.889 bits per heavy atom. The normalized spacial score (nSPS) is 21.0. The van der Waals surface area contributed by atoms with Crippen LogP contribution in [0.2, 0.25) is 0 Å². The molecule has 0 atom stereocenters. The molecule has 0 amide bonds. The van der Waals surface area contributed by atoms with Crippen molar-refractivity contribution in [3.05, 3.63) is 0 Å².